The number of benzene rings is 2. The molecule has 0 fully saturated rings. The standard InChI is InChI=1S/C23H23F2N3O6S2/c1-11(29)27-18(21(26)32)9-36-23(34)19(28-12(2)30)10-35-22(33)16-7-13(3-6-20(16)31)15-5-4-14(24)8-17(15)25/h3-8,18-19,31H,9-10H2,1-2H3,(H2,26,32)(H,27,29)(H,28,30)/t18-,19-/m0/s1. The summed E-state index contributed by atoms with van der Waals surface area (Å²) in [6.45, 7) is 2.35. The maximum absolute atomic E-state index is 14.2. The van der Waals surface area contributed by atoms with Crippen LogP contribution < -0.4 is 16.4 Å². The monoisotopic (exact) mass is 539 g/mol. The largest absolute Gasteiger partial charge is 0.507 e. The van der Waals surface area contributed by atoms with Crippen molar-refractivity contribution in [3.63, 3.8) is 0 Å². The topological polar surface area (TPSA) is 156 Å². The summed E-state index contributed by atoms with van der Waals surface area (Å²) in [4.78, 5) is 59.7. The quantitative estimate of drug-likeness (QED) is 0.357. The third kappa shape index (κ3) is 8.34. The fourth-order valence-electron chi connectivity index (χ4n) is 2.95. The highest BCUT2D eigenvalue weighted by molar-refractivity contribution is 8.15. The number of phenolic OH excluding ortho intramolecular Hbond substituents is 1. The van der Waals surface area contributed by atoms with E-state index in [1.165, 1.54) is 38.1 Å². The van der Waals surface area contributed by atoms with Crippen molar-refractivity contribution in [2.45, 2.75) is 25.9 Å². The summed E-state index contributed by atoms with van der Waals surface area (Å²) >= 11 is 1.26. The number of carbonyl (C=O) groups excluding carboxylic acids is 5. The van der Waals surface area contributed by atoms with E-state index in [1.54, 1.807) is 0 Å². The molecule has 0 aliphatic carbocycles. The second-order valence-electron chi connectivity index (χ2n) is 7.49. The number of thioether (sulfide) groups is 2. The molecule has 36 heavy (non-hydrogen) atoms. The maximum Gasteiger partial charge on any atom is 0.240 e. The summed E-state index contributed by atoms with van der Waals surface area (Å²) < 4.78 is 27.4. The average molecular weight is 540 g/mol. The molecule has 2 aromatic carbocycles. The van der Waals surface area contributed by atoms with Gasteiger partial charge in [0.1, 0.15) is 29.5 Å². The van der Waals surface area contributed by atoms with E-state index in [-0.39, 0.29) is 28.2 Å². The summed E-state index contributed by atoms with van der Waals surface area (Å²) in [6, 6.07) is 4.45. The first-order chi connectivity index (χ1) is 16.9. The van der Waals surface area contributed by atoms with Crippen molar-refractivity contribution >= 4 is 51.5 Å². The van der Waals surface area contributed by atoms with Gasteiger partial charge in [-0.25, -0.2) is 8.78 Å². The van der Waals surface area contributed by atoms with E-state index in [0.717, 1.165) is 6.07 Å². The van der Waals surface area contributed by atoms with Crippen molar-refractivity contribution in [3.8, 4) is 16.9 Å². The lowest BCUT2D eigenvalue weighted by Gasteiger charge is -2.18. The van der Waals surface area contributed by atoms with Crippen molar-refractivity contribution < 1.29 is 37.9 Å². The number of aromatic hydroxyl groups is 1. The second-order valence-corrected chi connectivity index (χ2v) is 9.51. The first kappa shape index (κ1) is 28.8. The third-order valence-corrected chi connectivity index (χ3v) is 6.67. The Morgan fingerprint density at radius 3 is 2.11 bits per heavy atom. The predicted molar refractivity (Wildman–Crippen MR) is 132 cm³/mol. The number of halogens is 2. The zero-order valence-electron chi connectivity index (χ0n) is 19.2. The zero-order valence-corrected chi connectivity index (χ0v) is 20.8. The lowest BCUT2D eigenvalue weighted by Crippen LogP contribution is -2.46. The highest BCUT2D eigenvalue weighted by atomic mass is 32.2. The molecule has 0 aliphatic heterocycles. The molecule has 5 N–H and O–H groups in total. The molecule has 0 spiro atoms. The molecule has 0 radical (unpaired) electrons. The van der Waals surface area contributed by atoms with E-state index in [9.17, 15) is 37.9 Å². The number of phenols is 1. The highest BCUT2D eigenvalue weighted by Crippen LogP contribution is 2.30. The molecule has 192 valence electrons. The third-order valence-electron chi connectivity index (χ3n) is 4.61. The van der Waals surface area contributed by atoms with Gasteiger partial charge in [0.2, 0.25) is 28.0 Å². The lowest BCUT2D eigenvalue weighted by atomic mass is 10.0. The van der Waals surface area contributed by atoms with Crippen LogP contribution in [0.5, 0.6) is 5.75 Å². The Bertz CT molecular complexity index is 1190. The maximum atomic E-state index is 14.2. The smallest absolute Gasteiger partial charge is 0.240 e. The van der Waals surface area contributed by atoms with Gasteiger partial charge in [-0.05, 0) is 29.8 Å². The van der Waals surface area contributed by atoms with Crippen LogP contribution in [0.15, 0.2) is 36.4 Å². The van der Waals surface area contributed by atoms with E-state index in [0.29, 0.717) is 29.6 Å². The molecule has 0 aromatic heterocycles. The van der Waals surface area contributed by atoms with Crippen LogP contribution in [0.1, 0.15) is 24.2 Å². The molecule has 0 aliphatic rings. The van der Waals surface area contributed by atoms with Gasteiger partial charge in [-0.3, -0.25) is 24.0 Å². The minimum atomic E-state index is -1.15. The van der Waals surface area contributed by atoms with Crippen molar-refractivity contribution in [1.82, 2.24) is 10.6 Å². The van der Waals surface area contributed by atoms with Gasteiger partial charge >= 0.3 is 0 Å². The summed E-state index contributed by atoms with van der Waals surface area (Å²) in [5.41, 5.74) is 5.27. The van der Waals surface area contributed by atoms with Crippen molar-refractivity contribution in [2.75, 3.05) is 11.5 Å². The Kier molecular flexibility index (Phi) is 10.4. The normalized spacial score (nSPS) is 12.3. The molecule has 2 aromatic rings. The number of amides is 3. The minimum Gasteiger partial charge on any atom is -0.507 e. The number of nitrogens with two attached hydrogens (primary N) is 1. The van der Waals surface area contributed by atoms with Crippen molar-refractivity contribution in [3.05, 3.63) is 53.6 Å². The zero-order chi connectivity index (χ0) is 27.0. The summed E-state index contributed by atoms with van der Waals surface area (Å²) in [6.07, 6.45) is 0. The number of hydrogen-bond acceptors (Lipinski definition) is 8. The van der Waals surface area contributed by atoms with Gasteiger partial charge in [0, 0.05) is 37.0 Å². The predicted octanol–water partition coefficient (Wildman–Crippen LogP) is 1.97. The summed E-state index contributed by atoms with van der Waals surface area (Å²) in [5.74, 6) is -4.34. The summed E-state index contributed by atoms with van der Waals surface area (Å²) in [7, 11) is 0. The van der Waals surface area contributed by atoms with Gasteiger partial charge in [-0.15, -0.1) is 0 Å². The van der Waals surface area contributed by atoms with Gasteiger partial charge in [0.05, 0.1) is 5.56 Å². The Hall–Kier alpha value is -3.45. The van der Waals surface area contributed by atoms with Crippen molar-refractivity contribution in [2.24, 2.45) is 5.73 Å². The molecular formula is C23H23F2N3O6S2. The van der Waals surface area contributed by atoms with Crippen molar-refractivity contribution in [1.29, 1.82) is 0 Å². The molecule has 0 saturated carbocycles. The van der Waals surface area contributed by atoms with Crippen LogP contribution in [-0.4, -0.2) is 56.6 Å². The molecule has 0 unspecified atom stereocenters. The highest BCUT2D eigenvalue weighted by Gasteiger charge is 2.26. The van der Waals surface area contributed by atoms with Crippen LogP contribution in [0.3, 0.4) is 0 Å². The Morgan fingerprint density at radius 2 is 1.53 bits per heavy atom. The van der Waals surface area contributed by atoms with Gasteiger partial charge in [0.15, 0.2) is 0 Å². The first-order valence-electron chi connectivity index (χ1n) is 10.3. The Labute approximate surface area is 213 Å². The fraction of sp³-hybridized carbons (Fsp3) is 0.261. The van der Waals surface area contributed by atoms with Crippen LogP contribution in [0, 0.1) is 11.6 Å². The van der Waals surface area contributed by atoms with E-state index < -0.39 is 57.4 Å². The molecule has 2 rings (SSSR count). The first-order valence-corrected chi connectivity index (χ1v) is 12.3. The summed E-state index contributed by atoms with van der Waals surface area (Å²) in [5, 5.41) is 13.6. The van der Waals surface area contributed by atoms with Gasteiger partial charge in [0.25, 0.3) is 0 Å². The minimum absolute atomic E-state index is 0.0151. The van der Waals surface area contributed by atoms with Crippen LogP contribution in [0.2, 0.25) is 0 Å². The molecule has 0 bridgehead atoms. The van der Waals surface area contributed by atoms with Crippen LogP contribution in [-0.2, 0) is 19.2 Å². The number of primary amides is 1. The van der Waals surface area contributed by atoms with Gasteiger partial charge in [-0.2, -0.15) is 0 Å². The Morgan fingerprint density at radius 1 is 0.917 bits per heavy atom. The van der Waals surface area contributed by atoms with E-state index >= 15 is 0 Å². The number of nitrogens with one attached hydrogen (secondary N) is 2. The van der Waals surface area contributed by atoms with E-state index in [1.807, 2.05) is 0 Å². The molecule has 9 nitrogen and oxygen atoms in total. The number of hydrogen-bond donors (Lipinski definition) is 4. The SMILES string of the molecule is CC(=O)N[C@@H](CSC(=O)[C@H](CSC(=O)c1cc(-c2ccc(F)cc2F)ccc1O)NC(C)=O)C(N)=O. The van der Waals surface area contributed by atoms with Gasteiger partial charge < -0.3 is 21.5 Å². The average Bonchev–Trinajstić information content (AvgIpc) is 2.79. The number of carbonyl (C=O) groups is 5. The van der Waals surface area contributed by atoms with Gasteiger partial charge in [-0.1, -0.05) is 29.6 Å². The molecule has 2 atom stereocenters. The van der Waals surface area contributed by atoms with Crippen LogP contribution in [0.4, 0.5) is 8.78 Å². The van der Waals surface area contributed by atoms with Crippen LogP contribution >= 0.6 is 23.5 Å². The lowest BCUT2D eigenvalue weighted by molar-refractivity contribution is -0.125. The fourth-order valence-corrected chi connectivity index (χ4v) is 4.85. The van der Waals surface area contributed by atoms with E-state index in [2.05, 4.69) is 10.6 Å². The van der Waals surface area contributed by atoms with E-state index in [4.69, 9.17) is 5.73 Å². The second kappa shape index (κ2) is 13.0. The molecule has 13 heteroatoms. The molecule has 3 amide bonds. The number of rotatable bonds is 10. The van der Waals surface area contributed by atoms with Crippen LogP contribution in [0.25, 0.3) is 11.1 Å². The molecule has 0 heterocycles. The Balaban J connectivity index is 2.14. The molecule has 0 saturated heterocycles. The molecular weight excluding hydrogens is 516 g/mol.